The molecule has 5 N–H and O–H groups in total. The van der Waals surface area contributed by atoms with Crippen molar-refractivity contribution in [2.24, 2.45) is 22.6 Å². The number of amides is 1. The highest BCUT2D eigenvalue weighted by Gasteiger charge is 2.28. The Hall–Kier alpha value is -4.42. The van der Waals surface area contributed by atoms with E-state index in [1.165, 1.54) is 26.5 Å². The molecule has 5 rings (SSSR count). The smallest absolute Gasteiger partial charge is 0.255 e. The molecule has 1 saturated heterocycles. The number of hydrogen-bond acceptors (Lipinski definition) is 8. The molecule has 0 atom stereocenters. The highest BCUT2D eigenvalue weighted by Crippen LogP contribution is 2.39. The number of rotatable bonds is 13. The van der Waals surface area contributed by atoms with Crippen molar-refractivity contribution < 1.29 is 17.9 Å². The minimum atomic E-state index is -3.62. The molecule has 1 amide bonds. The van der Waals surface area contributed by atoms with Crippen LogP contribution in [0.3, 0.4) is 0 Å². The van der Waals surface area contributed by atoms with Crippen molar-refractivity contribution in [3.8, 4) is 5.75 Å². The molecule has 12 heteroatoms. The maximum Gasteiger partial charge on any atom is 0.255 e. The number of anilines is 3. The summed E-state index contributed by atoms with van der Waals surface area (Å²) >= 11 is 0. The molecular weight excluding hydrogens is 651 g/mol. The van der Waals surface area contributed by atoms with Crippen LogP contribution < -0.4 is 25.8 Å². The van der Waals surface area contributed by atoms with Gasteiger partial charge in [-0.15, -0.1) is 0 Å². The largest absolute Gasteiger partial charge is 0.492 e. The van der Waals surface area contributed by atoms with E-state index in [0.717, 1.165) is 61.3 Å². The van der Waals surface area contributed by atoms with Crippen LogP contribution in [0.1, 0.15) is 79.3 Å². The molecule has 0 bridgehead atoms. The number of aliphatic imine (C=N–C) groups is 1. The number of pyridine rings is 1. The normalized spacial score (nSPS) is 16.2. The quantitative estimate of drug-likeness (QED) is 0.115. The first-order valence-corrected chi connectivity index (χ1v) is 19.1. The van der Waals surface area contributed by atoms with Gasteiger partial charge in [0.15, 0.2) is 11.6 Å². The van der Waals surface area contributed by atoms with Gasteiger partial charge in [0.1, 0.15) is 5.69 Å². The molecule has 2 heterocycles. The van der Waals surface area contributed by atoms with Crippen LogP contribution in [-0.4, -0.2) is 63.0 Å². The van der Waals surface area contributed by atoms with Crippen LogP contribution in [0.25, 0.3) is 0 Å². The molecule has 1 aliphatic heterocycles. The van der Waals surface area contributed by atoms with Gasteiger partial charge < -0.3 is 26.0 Å². The van der Waals surface area contributed by atoms with Gasteiger partial charge in [0.2, 0.25) is 10.0 Å². The van der Waals surface area contributed by atoms with Crippen LogP contribution in [0.5, 0.6) is 5.75 Å². The number of likely N-dealkylation sites (tertiary alicyclic amines) is 1. The summed E-state index contributed by atoms with van der Waals surface area (Å²) < 4.78 is 32.4. The number of aromatic nitrogens is 1. The zero-order chi connectivity index (χ0) is 36.2. The molecule has 1 aromatic heterocycles. The number of nitrogens with two attached hydrogens (primary N) is 1. The van der Waals surface area contributed by atoms with Gasteiger partial charge in [-0.25, -0.2) is 18.4 Å². The van der Waals surface area contributed by atoms with Gasteiger partial charge in [-0.05, 0) is 123 Å². The monoisotopic (exact) mass is 701 g/mol. The van der Waals surface area contributed by atoms with E-state index in [0.29, 0.717) is 34.2 Å². The standard InChI is InChI=1S/C38H51N7O4S/c1-8-40-30-14-13-29(19-25-15-17-45(18-16-25)23-26-10-11-26)41-34(30)36(39)42-31-20-27(12-9-24(31)2)37(46)43-32-21-28(38(3,4)5)22-33(35(32)49-6)44-50(7,47)48/h8-9,12-14,20-22,25-26,40,44H,1,10-11,15-19,23H2,2-7H3,(H2,39,42)(H,43,46). The number of aryl methyl sites for hydroxylation is 1. The van der Waals surface area contributed by atoms with Crippen molar-refractivity contribution in [2.75, 3.05) is 48.4 Å². The van der Waals surface area contributed by atoms with E-state index in [1.54, 1.807) is 30.5 Å². The van der Waals surface area contributed by atoms with Crippen molar-refractivity contribution in [3.05, 3.63) is 83.3 Å². The first kappa shape index (κ1) is 36.9. The molecule has 0 spiro atoms. The van der Waals surface area contributed by atoms with Gasteiger partial charge in [0, 0.05) is 17.8 Å². The van der Waals surface area contributed by atoms with Gasteiger partial charge in [-0.2, -0.15) is 0 Å². The number of sulfonamides is 1. The molecule has 1 saturated carbocycles. The lowest BCUT2D eigenvalue weighted by molar-refractivity contribution is 0.102. The third-order valence-corrected chi connectivity index (χ3v) is 9.88. The molecular formula is C38H51N7O4S. The lowest BCUT2D eigenvalue weighted by atomic mass is 9.86. The molecule has 2 fully saturated rings. The van der Waals surface area contributed by atoms with E-state index < -0.39 is 15.9 Å². The Bertz CT molecular complexity index is 1870. The minimum absolute atomic E-state index is 0.198. The van der Waals surface area contributed by atoms with Crippen LogP contribution in [0.4, 0.5) is 22.7 Å². The molecule has 0 unspecified atom stereocenters. The summed E-state index contributed by atoms with van der Waals surface area (Å²) in [6.45, 7) is 15.2. The minimum Gasteiger partial charge on any atom is -0.492 e. The Morgan fingerprint density at radius 1 is 1.06 bits per heavy atom. The highest BCUT2D eigenvalue weighted by molar-refractivity contribution is 7.92. The Kier molecular flexibility index (Phi) is 11.2. The van der Waals surface area contributed by atoms with Crippen LogP contribution in [-0.2, 0) is 21.9 Å². The second-order valence-corrected chi connectivity index (χ2v) is 16.4. The van der Waals surface area contributed by atoms with Crippen molar-refractivity contribution in [1.82, 2.24) is 9.88 Å². The van der Waals surface area contributed by atoms with E-state index in [1.807, 2.05) is 45.9 Å². The number of nitrogens with one attached hydrogen (secondary N) is 3. The first-order chi connectivity index (χ1) is 23.6. The summed E-state index contributed by atoms with van der Waals surface area (Å²) in [5.41, 5.74) is 11.5. The second kappa shape index (κ2) is 15.2. The lowest BCUT2D eigenvalue weighted by Gasteiger charge is -2.32. The Balaban J connectivity index is 1.39. The summed E-state index contributed by atoms with van der Waals surface area (Å²) in [7, 11) is -2.20. The average Bonchev–Trinajstić information content (AvgIpc) is 3.86. The number of hydrogen-bond donors (Lipinski definition) is 4. The maximum atomic E-state index is 13.7. The van der Waals surface area contributed by atoms with E-state index >= 15 is 0 Å². The summed E-state index contributed by atoms with van der Waals surface area (Å²) in [5.74, 6) is 1.47. The van der Waals surface area contributed by atoms with Crippen LogP contribution in [0.15, 0.2) is 60.2 Å². The predicted molar refractivity (Wildman–Crippen MR) is 203 cm³/mol. The molecule has 3 aromatic rings. The fraction of sp³-hybridized carbons (Fsp3) is 0.447. The third-order valence-electron chi connectivity index (χ3n) is 9.29. The van der Waals surface area contributed by atoms with E-state index in [4.69, 9.17) is 20.4 Å². The summed E-state index contributed by atoms with van der Waals surface area (Å²) in [6.07, 6.45) is 8.61. The maximum absolute atomic E-state index is 13.7. The predicted octanol–water partition coefficient (Wildman–Crippen LogP) is 6.58. The molecule has 268 valence electrons. The molecule has 1 aliphatic carbocycles. The SMILES string of the molecule is C=CNc1ccc(CC2CCN(CC3CC3)CC2)nc1C(N)=Nc1cc(C(=O)Nc2cc(C(C)(C)C)cc(NS(C)(=O)=O)c2OC)ccc1C. The fourth-order valence-corrected chi connectivity index (χ4v) is 6.82. The zero-order valence-electron chi connectivity index (χ0n) is 30.1. The zero-order valence-corrected chi connectivity index (χ0v) is 30.9. The summed E-state index contributed by atoms with van der Waals surface area (Å²) in [5, 5.41) is 6.05. The van der Waals surface area contributed by atoms with Gasteiger partial charge in [-0.1, -0.05) is 33.4 Å². The highest BCUT2D eigenvalue weighted by atomic mass is 32.2. The Morgan fingerprint density at radius 3 is 2.38 bits per heavy atom. The number of carbonyl (C=O) groups is 1. The molecule has 0 radical (unpaired) electrons. The van der Waals surface area contributed by atoms with Crippen LogP contribution in [0, 0.1) is 18.8 Å². The number of ether oxygens (including phenoxy) is 1. The molecule has 2 aromatic carbocycles. The number of carbonyl (C=O) groups excluding carboxylic acids is 1. The number of amidine groups is 1. The van der Waals surface area contributed by atoms with Gasteiger partial charge in [0.05, 0.1) is 36.1 Å². The first-order valence-electron chi connectivity index (χ1n) is 17.2. The Labute approximate surface area is 296 Å². The van der Waals surface area contributed by atoms with Crippen LogP contribution in [0.2, 0.25) is 0 Å². The third kappa shape index (κ3) is 9.63. The van der Waals surface area contributed by atoms with Crippen molar-refractivity contribution in [3.63, 3.8) is 0 Å². The lowest BCUT2D eigenvalue weighted by Crippen LogP contribution is -2.35. The molecule has 2 aliphatic rings. The van der Waals surface area contributed by atoms with Gasteiger partial charge >= 0.3 is 0 Å². The number of benzene rings is 2. The topological polar surface area (TPSA) is 151 Å². The van der Waals surface area contributed by atoms with E-state index in [9.17, 15) is 13.2 Å². The van der Waals surface area contributed by atoms with E-state index in [2.05, 4.69) is 26.8 Å². The molecule has 11 nitrogen and oxygen atoms in total. The van der Waals surface area contributed by atoms with E-state index in [-0.39, 0.29) is 22.7 Å². The summed E-state index contributed by atoms with van der Waals surface area (Å²) in [6, 6.07) is 12.7. The van der Waals surface area contributed by atoms with Gasteiger partial charge in [-0.3, -0.25) is 9.52 Å². The number of nitrogens with zero attached hydrogens (tertiary/aromatic N) is 3. The Morgan fingerprint density at radius 2 is 1.76 bits per heavy atom. The van der Waals surface area contributed by atoms with Crippen molar-refractivity contribution in [2.45, 2.75) is 65.2 Å². The number of methoxy groups -OCH3 is 1. The van der Waals surface area contributed by atoms with Crippen LogP contribution >= 0.6 is 0 Å². The van der Waals surface area contributed by atoms with Crippen molar-refractivity contribution >= 4 is 44.5 Å². The van der Waals surface area contributed by atoms with Crippen molar-refractivity contribution in [1.29, 1.82) is 0 Å². The second-order valence-electron chi connectivity index (χ2n) is 14.6. The summed E-state index contributed by atoms with van der Waals surface area (Å²) in [4.78, 5) is 26.0. The average molecular weight is 702 g/mol. The molecule has 50 heavy (non-hydrogen) atoms. The number of piperidine rings is 1. The fourth-order valence-electron chi connectivity index (χ4n) is 6.27. The van der Waals surface area contributed by atoms with Gasteiger partial charge in [0.25, 0.3) is 5.91 Å².